The summed E-state index contributed by atoms with van der Waals surface area (Å²) in [4.78, 5) is 25.4. The lowest BCUT2D eigenvalue weighted by Gasteiger charge is -2.21. The maximum atomic E-state index is 12.6. The molecule has 2 aromatic rings. The van der Waals surface area contributed by atoms with Gasteiger partial charge in [0.05, 0.1) is 7.11 Å². The molecule has 0 unspecified atom stereocenters. The molecular formula is C18H19BrN2O4. The Morgan fingerprint density at radius 3 is 2.60 bits per heavy atom. The van der Waals surface area contributed by atoms with E-state index >= 15 is 0 Å². The number of nitrogens with zero attached hydrogens (tertiary/aromatic N) is 1. The number of rotatable bonds is 5. The normalized spacial score (nSPS) is 10.0. The lowest BCUT2D eigenvalue weighted by atomic mass is 10.2. The van der Waals surface area contributed by atoms with Crippen LogP contribution < -0.4 is 15.0 Å². The fourth-order valence-electron chi connectivity index (χ4n) is 2.17. The van der Waals surface area contributed by atoms with E-state index < -0.39 is 12.2 Å². The fraction of sp³-hybridized carbons (Fsp3) is 0.222. The van der Waals surface area contributed by atoms with E-state index in [1.165, 1.54) is 7.11 Å². The summed E-state index contributed by atoms with van der Waals surface area (Å²) in [7, 11) is 1.28. The van der Waals surface area contributed by atoms with E-state index in [1.54, 1.807) is 29.2 Å². The Morgan fingerprint density at radius 1 is 1.16 bits per heavy atom. The Bertz CT molecular complexity index is 751. The molecule has 2 aromatic carbocycles. The fourth-order valence-corrected chi connectivity index (χ4v) is 2.52. The summed E-state index contributed by atoms with van der Waals surface area (Å²) in [5.41, 5.74) is 2.28. The Morgan fingerprint density at radius 2 is 1.92 bits per heavy atom. The van der Waals surface area contributed by atoms with Crippen molar-refractivity contribution in [2.75, 3.05) is 29.2 Å². The molecule has 2 amide bonds. The summed E-state index contributed by atoms with van der Waals surface area (Å²) in [5, 5.41) is 3.14. The largest absolute Gasteiger partial charge is 0.453 e. The first kappa shape index (κ1) is 18.8. The summed E-state index contributed by atoms with van der Waals surface area (Å²) < 4.78 is 10.00. The van der Waals surface area contributed by atoms with Gasteiger partial charge in [-0.1, -0.05) is 34.1 Å². The van der Waals surface area contributed by atoms with Crippen LogP contribution in [0.2, 0.25) is 0 Å². The van der Waals surface area contributed by atoms with Gasteiger partial charge >= 0.3 is 12.2 Å². The lowest BCUT2D eigenvalue weighted by Crippen LogP contribution is -2.35. The monoisotopic (exact) mass is 406 g/mol. The number of methoxy groups -OCH3 is 1. The number of aryl methyl sites for hydroxylation is 1. The van der Waals surface area contributed by atoms with Gasteiger partial charge in [-0.25, -0.2) is 9.59 Å². The van der Waals surface area contributed by atoms with Crippen LogP contribution in [0.4, 0.5) is 21.0 Å². The predicted octanol–water partition coefficient (Wildman–Crippen LogP) is 4.57. The summed E-state index contributed by atoms with van der Waals surface area (Å²) in [6.07, 6.45) is -1.09. The molecule has 6 nitrogen and oxygen atoms in total. The topological polar surface area (TPSA) is 67.9 Å². The number of carbonyl (C=O) groups excluding carboxylic acids is 2. The zero-order chi connectivity index (χ0) is 18.2. The highest BCUT2D eigenvalue weighted by Gasteiger charge is 2.18. The molecule has 0 saturated heterocycles. The molecule has 0 aromatic heterocycles. The number of benzene rings is 2. The number of amides is 2. The summed E-state index contributed by atoms with van der Waals surface area (Å²) in [5.74, 6) is 0.325. The molecule has 0 fully saturated rings. The van der Waals surface area contributed by atoms with Crippen LogP contribution in [0.25, 0.3) is 0 Å². The van der Waals surface area contributed by atoms with Gasteiger partial charge in [0.25, 0.3) is 0 Å². The van der Waals surface area contributed by atoms with Crippen LogP contribution in [0.5, 0.6) is 5.75 Å². The molecule has 2 rings (SSSR count). The minimum absolute atomic E-state index is 0.325. The molecule has 0 bridgehead atoms. The zero-order valence-electron chi connectivity index (χ0n) is 14.0. The Balaban J connectivity index is 2.15. The highest BCUT2D eigenvalue weighted by Crippen LogP contribution is 2.21. The maximum Gasteiger partial charge on any atom is 0.419 e. The predicted molar refractivity (Wildman–Crippen MR) is 101 cm³/mol. The first-order valence-electron chi connectivity index (χ1n) is 7.60. The second-order valence-electron chi connectivity index (χ2n) is 5.19. The van der Waals surface area contributed by atoms with Crippen molar-refractivity contribution in [1.29, 1.82) is 0 Å². The first-order valence-corrected chi connectivity index (χ1v) is 8.72. The van der Waals surface area contributed by atoms with Crippen LogP contribution >= 0.6 is 15.9 Å². The number of anilines is 2. The molecular weight excluding hydrogens is 388 g/mol. The molecule has 0 atom stereocenters. The third-order valence-corrected chi connectivity index (χ3v) is 3.67. The number of carbonyl (C=O) groups is 2. The van der Waals surface area contributed by atoms with E-state index in [-0.39, 0.29) is 0 Å². The van der Waals surface area contributed by atoms with Crippen molar-refractivity contribution in [2.24, 2.45) is 0 Å². The van der Waals surface area contributed by atoms with Gasteiger partial charge in [-0.2, -0.15) is 0 Å². The minimum atomic E-state index is -0.593. The van der Waals surface area contributed by atoms with E-state index in [1.807, 2.05) is 31.2 Å². The van der Waals surface area contributed by atoms with Crippen LogP contribution in [0, 0.1) is 6.92 Å². The van der Waals surface area contributed by atoms with Gasteiger partial charge in [0.15, 0.2) is 0 Å². The van der Waals surface area contributed by atoms with Gasteiger partial charge in [0, 0.05) is 29.3 Å². The highest BCUT2D eigenvalue weighted by molar-refractivity contribution is 9.09. The smallest absolute Gasteiger partial charge is 0.419 e. The Kier molecular flexibility index (Phi) is 6.82. The molecule has 0 heterocycles. The molecule has 0 spiro atoms. The molecule has 0 radical (unpaired) electrons. The van der Waals surface area contributed by atoms with Gasteiger partial charge < -0.3 is 9.47 Å². The number of hydrogen-bond acceptors (Lipinski definition) is 4. The van der Waals surface area contributed by atoms with E-state index in [0.717, 1.165) is 11.3 Å². The molecule has 132 valence electrons. The molecule has 0 aliphatic rings. The Labute approximate surface area is 154 Å². The highest BCUT2D eigenvalue weighted by atomic mass is 79.9. The molecule has 7 heteroatoms. The van der Waals surface area contributed by atoms with Gasteiger partial charge in [0.1, 0.15) is 5.75 Å². The van der Waals surface area contributed by atoms with Crippen molar-refractivity contribution >= 4 is 39.5 Å². The van der Waals surface area contributed by atoms with Gasteiger partial charge in [-0.15, -0.1) is 0 Å². The van der Waals surface area contributed by atoms with Crippen LogP contribution in [-0.4, -0.2) is 31.2 Å². The van der Waals surface area contributed by atoms with Crippen LogP contribution in [0.15, 0.2) is 48.5 Å². The number of nitrogens with one attached hydrogen (secondary N) is 1. The molecule has 0 aliphatic carbocycles. The van der Waals surface area contributed by atoms with Crippen molar-refractivity contribution in [3.63, 3.8) is 0 Å². The van der Waals surface area contributed by atoms with E-state index in [2.05, 4.69) is 26.0 Å². The molecule has 25 heavy (non-hydrogen) atoms. The van der Waals surface area contributed by atoms with E-state index in [0.29, 0.717) is 23.3 Å². The number of alkyl halides is 1. The van der Waals surface area contributed by atoms with Crippen molar-refractivity contribution in [3.05, 3.63) is 54.1 Å². The number of ether oxygens (including phenoxy) is 2. The van der Waals surface area contributed by atoms with Crippen molar-refractivity contribution in [2.45, 2.75) is 6.92 Å². The van der Waals surface area contributed by atoms with Gasteiger partial charge in [0.2, 0.25) is 0 Å². The van der Waals surface area contributed by atoms with Gasteiger partial charge in [-0.3, -0.25) is 10.2 Å². The second-order valence-corrected chi connectivity index (χ2v) is 5.99. The lowest BCUT2D eigenvalue weighted by molar-refractivity contribution is 0.187. The SMILES string of the molecule is COC(=O)Nc1cccc(OC(=O)N(CCBr)c2cccc(C)c2)c1. The summed E-state index contributed by atoms with van der Waals surface area (Å²) in [6, 6.07) is 14.2. The van der Waals surface area contributed by atoms with Crippen molar-refractivity contribution in [3.8, 4) is 5.75 Å². The molecule has 0 aliphatic heterocycles. The number of halogens is 1. The second kappa shape index (κ2) is 9.08. The first-order chi connectivity index (χ1) is 12.0. The minimum Gasteiger partial charge on any atom is -0.453 e. The third-order valence-electron chi connectivity index (χ3n) is 3.31. The summed E-state index contributed by atoms with van der Waals surface area (Å²) >= 11 is 3.36. The van der Waals surface area contributed by atoms with Crippen molar-refractivity contribution < 1.29 is 19.1 Å². The van der Waals surface area contributed by atoms with Crippen molar-refractivity contribution in [1.82, 2.24) is 0 Å². The van der Waals surface area contributed by atoms with Gasteiger partial charge in [-0.05, 0) is 36.8 Å². The average Bonchev–Trinajstić information content (AvgIpc) is 2.59. The molecule has 0 saturated carbocycles. The van der Waals surface area contributed by atoms with E-state index in [4.69, 9.17) is 4.74 Å². The maximum absolute atomic E-state index is 12.6. The standard InChI is InChI=1S/C18H19BrN2O4/c1-13-5-3-7-15(11-13)21(10-9-19)18(23)25-16-8-4-6-14(12-16)20-17(22)24-2/h3-8,11-12H,9-10H2,1-2H3,(H,20,22). The Hall–Kier alpha value is -2.54. The zero-order valence-corrected chi connectivity index (χ0v) is 15.6. The molecule has 1 N–H and O–H groups in total. The van der Waals surface area contributed by atoms with Crippen LogP contribution in [0.3, 0.4) is 0 Å². The van der Waals surface area contributed by atoms with Crippen LogP contribution in [0.1, 0.15) is 5.56 Å². The average molecular weight is 407 g/mol. The van der Waals surface area contributed by atoms with E-state index in [9.17, 15) is 9.59 Å². The summed E-state index contributed by atoms with van der Waals surface area (Å²) in [6.45, 7) is 2.42. The third kappa shape index (κ3) is 5.49. The quantitative estimate of drug-likeness (QED) is 0.738. The van der Waals surface area contributed by atoms with Crippen LogP contribution in [-0.2, 0) is 4.74 Å². The number of hydrogen-bond donors (Lipinski definition) is 1.